The van der Waals surface area contributed by atoms with Crippen molar-refractivity contribution in [3.8, 4) is 10.4 Å². The van der Waals surface area contributed by atoms with Crippen LogP contribution >= 0.6 is 11.3 Å². The number of aryl methyl sites for hydroxylation is 3. The molecule has 1 aromatic heterocycles. The SMILES string of the molecule is Nc1nc2c(s1)-c1ccccc1CCC2.O=C1CCCc2ccccc21. The molecule has 2 N–H and O–H groups in total. The molecule has 0 atom stereocenters. The van der Waals surface area contributed by atoms with Gasteiger partial charge in [-0.25, -0.2) is 4.98 Å². The summed E-state index contributed by atoms with van der Waals surface area (Å²) < 4.78 is 0. The maximum absolute atomic E-state index is 11.3. The Hall–Kier alpha value is -2.46. The molecule has 2 aliphatic carbocycles. The highest BCUT2D eigenvalue weighted by Gasteiger charge is 2.17. The largest absolute Gasteiger partial charge is 0.375 e. The van der Waals surface area contributed by atoms with Crippen LogP contribution in [0.25, 0.3) is 10.4 Å². The van der Waals surface area contributed by atoms with Crippen molar-refractivity contribution in [2.45, 2.75) is 38.5 Å². The van der Waals surface area contributed by atoms with Crippen LogP contribution in [0, 0.1) is 0 Å². The molecule has 0 bridgehead atoms. The molecule has 3 aromatic rings. The molecule has 0 aliphatic heterocycles. The third-order valence-electron chi connectivity index (χ3n) is 5.00. The minimum atomic E-state index is 0.312. The lowest BCUT2D eigenvalue weighted by molar-refractivity contribution is 0.0972. The molecule has 1 heterocycles. The second-order valence-electron chi connectivity index (χ2n) is 6.77. The summed E-state index contributed by atoms with van der Waals surface area (Å²) in [6.45, 7) is 0. The molecule has 132 valence electrons. The number of hydrogen-bond donors (Lipinski definition) is 1. The van der Waals surface area contributed by atoms with E-state index in [1.807, 2.05) is 24.3 Å². The van der Waals surface area contributed by atoms with E-state index >= 15 is 0 Å². The predicted octanol–water partition coefficient (Wildman–Crippen LogP) is 5.09. The minimum Gasteiger partial charge on any atom is -0.375 e. The van der Waals surface area contributed by atoms with Gasteiger partial charge in [-0.2, -0.15) is 0 Å². The molecule has 0 spiro atoms. The van der Waals surface area contributed by atoms with Crippen LogP contribution in [0.3, 0.4) is 0 Å². The predicted molar refractivity (Wildman–Crippen MR) is 108 cm³/mol. The fourth-order valence-corrected chi connectivity index (χ4v) is 4.68. The smallest absolute Gasteiger partial charge is 0.180 e. The number of ketones is 1. The molecule has 2 aromatic carbocycles. The van der Waals surface area contributed by atoms with Gasteiger partial charge in [0.25, 0.3) is 0 Å². The first-order valence-corrected chi connectivity index (χ1v) is 9.98. The Labute approximate surface area is 157 Å². The van der Waals surface area contributed by atoms with Gasteiger partial charge in [0.1, 0.15) is 0 Å². The quantitative estimate of drug-likeness (QED) is 0.606. The zero-order valence-corrected chi connectivity index (χ0v) is 15.5. The molecule has 4 heteroatoms. The molecule has 0 unspecified atom stereocenters. The Kier molecular flexibility index (Phi) is 4.85. The summed E-state index contributed by atoms with van der Waals surface area (Å²) in [4.78, 5) is 17.0. The summed E-state index contributed by atoms with van der Waals surface area (Å²) in [6, 6.07) is 16.5. The first-order valence-electron chi connectivity index (χ1n) is 9.17. The van der Waals surface area contributed by atoms with Crippen LogP contribution in [-0.2, 0) is 19.3 Å². The van der Waals surface area contributed by atoms with E-state index in [9.17, 15) is 4.79 Å². The van der Waals surface area contributed by atoms with E-state index in [2.05, 4.69) is 29.2 Å². The lowest BCUT2D eigenvalue weighted by Crippen LogP contribution is -2.09. The fourth-order valence-electron chi connectivity index (χ4n) is 3.74. The molecule has 5 rings (SSSR count). The number of Topliss-reactive ketones (excluding diaryl/α,β-unsaturated/α-hetero) is 1. The highest BCUT2D eigenvalue weighted by atomic mass is 32.1. The maximum Gasteiger partial charge on any atom is 0.180 e. The van der Waals surface area contributed by atoms with Crippen LogP contribution in [0.2, 0.25) is 0 Å². The molecular weight excluding hydrogens is 340 g/mol. The number of nitrogens with zero attached hydrogens (tertiary/aromatic N) is 1. The number of aromatic nitrogens is 1. The number of carbonyl (C=O) groups is 1. The van der Waals surface area contributed by atoms with E-state index in [0.717, 1.165) is 37.7 Å². The van der Waals surface area contributed by atoms with Gasteiger partial charge < -0.3 is 5.73 Å². The van der Waals surface area contributed by atoms with Crippen molar-refractivity contribution >= 4 is 22.3 Å². The highest BCUT2D eigenvalue weighted by Crippen LogP contribution is 2.37. The van der Waals surface area contributed by atoms with Gasteiger partial charge in [0.2, 0.25) is 0 Å². The number of rotatable bonds is 0. The summed E-state index contributed by atoms with van der Waals surface area (Å²) in [6.07, 6.45) is 6.21. The van der Waals surface area contributed by atoms with E-state index in [0.29, 0.717) is 10.9 Å². The van der Waals surface area contributed by atoms with E-state index in [4.69, 9.17) is 5.73 Å². The number of carbonyl (C=O) groups excluding carboxylic acids is 1. The highest BCUT2D eigenvalue weighted by molar-refractivity contribution is 7.18. The van der Waals surface area contributed by atoms with Crippen molar-refractivity contribution in [2.75, 3.05) is 5.73 Å². The zero-order valence-electron chi connectivity index (χ0n) is 14.7. The van der Waals surface area contributed by atoms with Gasteiger partial charge in [0, 0.05) is 12.0 Å². The number of nitrogen functional groups attached to an aromatic ring is 1. The van der Waals surface area contributed by atoms with E-state index in [1.165, 1.54) is 33.7 Å². The number of thiazole rings is 1. The van der Waals surface area contributed by atoms with Crippen LogP contribution in [0.5, 0.6) is 0 Å². The van der Waals surface area contributed by atoms with Crippen molar-refractivity contribution in [1.82, 2.24) is 4.98 Å². The number of nitrogens with two attached hydrogens (primary N) is 1. The average Bonchev–Trinajstić information content (AvgIpc) is 2.95. The Balaban J connectivity index is 0.000000136. The monoisotopic (exact) mass is 362 g/mol. The molecule has 0 fully saturated rings. The molecule has 2 aliphatic rings. The summed E-state index contributed by atoms with van der Waals surface area (Å²) in [5.41, 5.74) is 11.9. The standard InChI is InChI=1S/C12H12N2S.C10H10O/c13-12-14-10-7-3-5-8-4-1-2-6-9(8)11(10)15-12;11-10-7-3-5-8-4-1-2-6-9(8)10/h1-2,4,6H,3,5,7H2,(H2,13,14);1-2,4,6H,3,5,7H2. The van der Waals surface area contributed by atoms with E-state index < -0.39 is 0 Å². The van der Waals surface area contributed by atoms with Crippen LogP contribution in [0.15, 0.2) is 48.5 Å². The van der Waals surface area contributed by atoms with Crippen molar-refractivity contribution in [3.63, 3.8) is 0 Å². The van der Waals surface area contributed by atoms with Crippen LogP contribution < -0.4 is 5.73 Å². The normalized spacial score (nSPS) is 15.0. The molecule has 0 saturated carbocycles. The average molecular weight is 362 g/mol. The Bertz CT molecular complexity index is 945. The van der Waals surface area contributed by atoms with Crippen molar-refractivity contribution in [1.29, 1.82) is 0 Å². The lowest BCUT2D eigenvalue weighted by atomic mass is 9.91. The number of anilines is 1. The Morgan fingerprint density at radius 3 is 2.15 bits per heavy atom. The number of hydrogen-bond acceptors (Lipinski definition) is 4. The van der Waals surface area contributed by atoms with Crippen molar-refractivity contribution in [2.24, 2.45) is 0 Å². The van der Waals surface area contributed by atoms with Crippen LogP contribution in [-0.4, -0.2) is 10.8 Å². The molecule has 0 amide bonds. The van der Waals surface area contributed by atoms with Gasteiger partial charge in [0.15, 0.2) is 10.9 Å². The topological polar surface area (TPSA) is 56.0 Å². The second kappa shape index (κ2) is 7.42. The third kappa shape index (κ3) is 3.42. The first kappa shape index (κ1) is 17.0. The third-order valence-corrected chi connectivity index (χ3v) is 5.96. The van der Waals surface area contributed by atoms with Gasteiger partial charge in [-0.15, -0.1) is 0 Å². The molecule has 3 nitrogen and oxygen atoms in total. The van der Waals surface area contributed by atoms with E-state index in [-0.39, 0.29) is 0 Å². The van der Waals surface area contributed by atoms with Crippen LogP contribution in [0.4, 0.5) is 5.13 Å². The molecular formula is C22H22N2OS. The summed E-state index contributed by atoms with van der Waals surface area (Å²) in [7, 11) is 0. The minimum absolute atomic E-state index is 0.312. The lowest BCUT2D eigenvalue weighted by Gasteiger charge is -2.12. The Morgan fingerprint density at radius 2 is 1.42 bits per heavy atom. The van der Waals surface area contributed by atoms with Crippen molar-refractivity contribution in [3.05, 3.63) is 70.9 Å². The van der Waals surface area contributed by atoms with Crippen LogP contribution in [0.1, 0.15) is 46.4 Å². The zero-order chi connectivity index (χ0) is 17.9. The Morgan fingerprint density at radius 1 is 0.808 bits per heavy atom. The summed E-state index contributed by atoms with van der Waals surface area (Å²) >= 11 is 1.61. The molecule has 26 heavy (non-hydrogen) atoms. The van der Waals surface area contributed by atoms with Crippen molar-refractivity contribution < 1.29 is 4.79 Å². The van der Waals surface area contributed by atoms with Gasteiger partial charge in [-0.05, 0) is 48.8 Å². The van der Waals surface area contributed by atoms with E-state index in [1.54, 1.807) is 11.3 Å². The maximum atomic E-state index is 11.3. The first-order chi connectivity index (χ1) is 12.7. The van der Waals surface area contributed by atoms with Gasteiger partial charge >= 0.3 is 0 Å². The van der Waals surface area contributed by atoms with Gasteiger partial charge in [-0.3, -0.25) is 4.79 Å². The molecule has 0 radical (unpaired) electrons. The number of benzene rings is 2. The van der Waals surface area contributed by atoms with Gasteiger partial charge in [-0.1, -0.05) is 59.9 Å². The number of fused-ring (bicyclic) bond motifs is 4. The fraction of sp³-hybridized carbons (Fsp3) is 0.273. The molecule has 0 saturated heterocycles. The second-order valence-corrected chi connectivity index (χ2v) is 7.80. The summed E-state index contributed by atoms with van der Waals surface area (Å²) in [5, 5.41) is 0.691. The summed E-state index contributed by atoms with van der Waals surface area (Å²) in [5.74, 6) is 0.312. The van der Waals surface area contributed by atoms with Gasteiger partial charge in [0.05, 0.1) is 10.6 Å².